The summed E-state index contributed by atoms with van der Waals surface area (Å²) < 4.78 is 0. The summed E-state index contributed by atoms with van der Waals surface area (Å²) in [6.07, 6.45) is 2.09. The Labute approximate surface area is 165 Å². The van der Waals surface area contributed by atoms with Crippen LogP contribution in [0.25, 0.3) is 0 Å². The maximum absolute atomic E-state index is 13.1. The molecule has 1 aliphatic heterocycles. The molecule has 1 unspecified atom stereocenters. The van der Waals surface area contributed by atoms with Crippen molar-refractivity contribution in [3.8, 4) is 0 Å². The summed E-state index contributed by atoms with van der Waals surface area (Å²) >= 11 is 5.98. The smallest absolute Gasteiger partial charge is 0.223 e. The van der Waals surface area contributed by atoms with Crippen LogP contribution in [0.3, 0.4) is 0 Å². The van der Waals surface area contributed by atoms with Gasteiger partial charge in [-0.2, -0.15) is 0 Å². The van der Waals surface area contributed by atoms with Gasteiger partial charge in [0, 0.05) is 29.8 Å². The number of hydrogen-bond donors (Lipinski definition) is 1. The second-order valence-electron chi connectivity index (χ2n) is 7.35. The Hall–Kier alpha value is -2.33. The van der Waals surface area contributed by atoms with Crippen molar-refractivity contribution >= 4 is 23.4 Å². The van der Waals surface area contributed by atoms with E-state index >= 15 is 0 Å². The van der Waals surface area contributed by atoms with E-state index in [1.54, 1.807) is 0 Å². The number of piperidine rings is 1. The third-order valence-electron chi connectivity index (χ3n) is 5.70. The molecule has 0 bridgehead atoms. The van der Waals surface area contributed by atoms with Crippen molar-refractivity contribution in [3.05, 3.63) is 70.7 Å². The summed E-state index contributed by atoms with van der Waals surface area (Å²) in [6, 6.07) is 17.6. The van der Waals surface area contributed by atoms with Crippen molar-refractivity contribution in [1.29, 1.82) is 0 Å². The summed E-state index contributed by atoms with van der Waals surface area (Å²) in [5, 5.41) is 0.686. The maximum atomic E-state index is 13.1. The normalized spacial score (nSPS) is 21.1. The van der Waals surface area contributed by atoms with E-state index in [-0.39, 0.29) is 29.7 Å². The summed E-state index contributed by atoms with van der Waals surface area (Å²) in [4.78, 5) is 26.4. The van der Waals surface area contributed by atoms with Crippen LogP contribution in [0.2, 0.25) is 5.02 Å². The first kappa shape index (κ1) is 19.4. The summed E-state index contributed by atoms with van der Waals surface area (Å²) in [5.74, 6) is -0.216. The number of carbonyl (C=O) groups excluding carboxylic acids is 2. The van der Waals surface area contributed by atoms with Gasteiger partial charge in [-0.05, 0) is 43.0 Å². The van der Waals surface area contributed by atoms with Crippen LogP contribution in [-0.4, -0.2) is 23.3 Å². The van der Waals surface area contributed by atoms with E-state index in [4.69, 9.17) is 17.3 Å². The molecule has 0 spiro atoms. The van der Waals surface area contributed by atoms with E-state index in [0.717, 1.165) is 17.5 Å². The highest BCUT2D eigenvalue weighted by Gasteiger charge is 2.41. The predicted octanol–water partition coefficient (Wildman–Crippen LogP) is 4.23. The molecule has 0 saturated carbocycles. The zero-order chi connectivity index (χ0) is 19.4. The molecule has 0 radical (unpaired) electrons. The van der Waals surface area contributed by atoms with Gasteiger partial charge >= 0.3 is 0 Å². The Bertz CT molecular complexity index is 807. The van der Waals surface area contributed by atoms with Crippen LogP contribution >= 0.6 is 11.6 Å². The highest BCUT2D eigenvalue weighted by molar-refractivity contribution is 6.30. The highest BCUT2D eigenvalue weighted by atomic mass is 35.5. The number of likely N-dealkylation sites (tertiary alicyclic amines) is 1. The molecule has 0 aliphatic carbocycles. The Morgan fingerprint density at radius 2 is 1.85 bits per heavy atom. The maximum Gasteiger partial charge on any atom is 0.223 e. The van der Waals surface area contributed by atoms with Gasteiger partial charge in [0.25, 0.3) is 0 Å². The van der Waals surface area contributed by atoms with Gasteiger partial charge in [-0.3, -0.25) is 9.59 Å². The SMILES string of the molecule is C[C@@H](c1ccc(Cl)cc1)N1CCC(CCC(N)=O)(c2ccccc2)CC1=O. The number of rotatable bonds is 6. The van der Waals surface area contributed by atoms with E-state index in [1.807, 2.05) is 66.4 Å². The Kier molecular flexibility index (Phi) is 5.85. The van der Waals surface area contributed by atoms with Crippen LogP contribution in [0.4, 0.5) is 0 Å². The van der Waals surface area contributed by atoms with E-state index in [0.29, 0.717) is 24.4 Å². The zero-order valence-electron chi connectivity index (χ0n) is 15.5. The highest BCUT2D eigenvalue weighted by Crippen LogP contribution is 2.42. The number of hydrogen-bond acceptors (Lipinski definition) is 2. The summed E-state index contributed by atoms with van der Waals surface area (Å²) in [6.45, 7) is 2.69. The fraction of sp³-hybridized carbons (Fsp3) is 0.364. The minimum absolute atomic E-state index is 0.0142. The average molecular weight is 385 g/mol. The molecule has 2 N–H and O–H groups in total. The molecule has 4 nitrogen and oxygen atoms in total. The number of halogens is 1. The third kappa shape index (κ3) is 4.33. The topological polar surface area (TPSA) is 63.4 Å². The molecule has 2 aromatic carbocycles. The van der Waals surface area contributed by atoms with Crippen molar-refractivity contribution in [2.75, 3.05) is 6.54 Å². The molecule has 2 amide bonds. The van der Waals surface area contributed by atoms with Crippen molar-refractivity contribution < 1.29 is 9.59 Å². The van der Waals surface area contributed by atoms with Gasteiger partial charge in [0.1, 0.15) is 0 Å². The molecule has 3 rings (SSSR count). The fourth-order valence-corrected chi connectivity index (χ4v) is 4.15. The molecule has 1 fully saturated rings. The quantitative estimate of drug-likeness (QED) is 0.810. The van der Waals surface area contributed by atoms with Crippen molar-refractivity contribution in [2.45, 2.75) is 44.1 Å². The Balaban J connectivity index is 1.82. The Morgan fingerprint density at radius 1 is 1.19 bits per heavy atom. The number of nitrogens with zero attached hydrogens (tertiary/aromatic N) is 1. The van der Waals surface area contributed by atoms with Gasteiger partial charge in [-0.15, -0.1) is 0 Å². The van der Waals surface area contributed by atoms with Gasteiger partial charge in [0.15, 0.2) is 0 Å². The van der Waals surface area contributed by atoms with Crippen LogP contribution in [0.5, 0.6) is 0 Å². The molecule has 5 heteroatoms. The molecule has 0 aromatic heterocycles. The van der Waals surface area contributed by atoms with Gasteiger partial charge in [0.2, 0.25) is 11.8 Å². The van der Waals surface area contributed by atoms with E-state index in [9.17, 15) is 9.59 Å². The molecule has 27 heavy (non-hydrogen) atoms. The second-order valence-corrected chi connectivity index (χ2v) is 7.79. The lowest BCUT2D eigenvalue weighted by Crippen LogP contribution is -2.47. The lowest BCUT2D eigenvalue weighted by Gasteiger charge is -2.44. The van der Waals surface area contributed by atoms with Crippen LogP contribution in [0, 0.1) is 0 Å². The van der Waals surface area contributed by atoms with E-state index in [1.165, 1.54) is 0 Å². The van der Waals surface area contributed by atoms with Gasteiger partial charge < -0.3 is 10.6 Å². The molecule has 1 aliphatic rings. The molecule has 2 atom stereocenters. The third-order valence-corrected chi connectivity index (χ3v) is 5.95. The molecule has 142 valence electrons. The number of carbonyl (C=O) groups is 2. The summed E-state index contributed by atoms with van der Waals surface area (Å²) in [7, 11) is 0. The standard InChI is InChI=1S/C22H25ClN2O2/c1-16(17-7-9-19(23)10-8-17)25-14-13-22(15-21(25)27,12-11-20(24)26)18-5-3-2-4-6-18/h2-10,16H,11-15H2,1H3,(H2,24,26)/t16-,22?/m0/s1. The number of primary amides is 1. The van der Waals surface area contributed by atoms with Gasteiger partial charge in [0.05, 0.1) is 6.04 Å². The molecular formula is C22H25ClN2O2. The predicted molar refractivity (Wildman–Crippen MR) is 107 cm³/mol. The first-order valence-corrected chi connectivity index (χ1v) is 9.68. The fourth-order valence-electron chi connectivity index (χ4n) is 4.03. The van der Waals surface area contributed by atoms with Crippen LogP contribution in [-0.2, 0) is 15.0 Å². The van der Waals surface area contributed by atoms with Crippen molar-refractivity contribution in [2.24, 2.45) is 5.73 Å². The van der Waals surface area contributed by atoms with Crippen LogP contribution < -0.4 is 5.73 Å². The minimum atomic E-state index is -0.330. The Morgan fingerprint density at radius 3 is 2.44 bits per heavy atom. The van der Waals surface area contributed by atoms with Gasteiger partial charge in [-0.1, -0.05) is 54.1 Å². The molecular weight excluding hydrogens is 360 g/mol. The molecule has 1 saturated heterocycles. The second kappa shape index (κ2) is 8.13. The monoisotopic (exact) mass is 384 g/mol. The lowest BCUT2D eigenvalue weighted by atomic mass is 9.69. The lowest BCUT2D eigenvalue weighted by molar-refractivity contribution is -0.139. The van der Waals surface area contributed by atoms with Crippen molar-refractivity contribution in [1.82, 2.24) is 4.90 Å². The molecule has 2 aromatic rings. The summed E-state index contributed by atoms with van der Waals surface area (Å²) in [5.41, 5.74) is 7.25. The zero-order valence-corrected chi connectivity index (χ0v) is 16.3. The molecule has 1 heterocycles. The largest absolute Gasteiger partial charge is 0.370 e. The number of benzene rings is 2. The van der Waals surface area contributed by atoms with E-state index in [2.05, 4.69) is 0 Å². The average Bonchev–Trinajstić information content (AvgIpc) is 2.67. The first-order chi connectivity index (χ1) is 12.9. The van der Waals surface area contributed by atoms with Crippen molar-refractivity contribution in [3.63, 3.8) is 0 Å². The number of amides is 2. The van der Waals surface area contributed by atoms with Crippen LogP contribution in [0.1, 0.15) is 49.8 Å². The minimum Gasteiger partial charge on any atom is -0.370 e. The van der Waals surface area contributed by atoms with Gasteiger partial charge in [-0.25, -0.2) is 0 Å². The first-order valence-electron chi connectivity index (χ1n) is 9.30. The number of nitrogens with two attached hydrogens (primary N) is 1. The van der Waals surface area contributed by atoms with Crippen LogP contribution in [0.15, 0.2) is 54.6 Å². The van der Waals surface area contributed by atoms with E-state index < -0.39 is 0 Å².